The Morgan fingerprint density at radius 2 is 1.36 bits per heavy atom. The van der Waals surface area contributed by atoms with E-state index in [2.05, 4.69) is 5.32 Å². The largest absolute Gasteiger partial charge is 0.422 e. The topological polar surface area (TPSA) is 92.7 Å². The SMILES string of the molecule is CC(=O)Nc1cccc(/C(=C/c2cc(C(=O)c3ccccc3)ccc2OC(=O)c2ccccc2)C(C)(C)O)c1. The van der Waals surface area contributed by atoms with Crippen molar-refractivity contribution in [1.82, 2.24) is 0 Å². The number of aliphatic hydroxyl groups is 1. The second kappa shape index (κ2) is 11.7. The molecule has 0 fully saturated rings. The lowest BCUT2D eigenvalue weighted by Crippen LogP contribution is -2.21. The smallest absolute Gasteiger partial charge is 0.343 e. The Bertz CT molecular complexity index is 1530. The molecule has 4 aromatic rings. The molecule has 2 N–H and O–H groups in total. The van der Waals surface area contributed by atoms with Crippen molar-refractivity contribution in [3.05, 3.63) is 131 Å². The van der Waals surface area contributed by atoms with Crippen molar-refractivity contribution in [3.8, 4) is 5.75 Å². The quantitative estimate of drug-likeness (QED) is 0.122. The molecular weight excluding hydrogens is 490 g/mol. The third-order valence-electron chi connectivity index (χ3n) is 5.97. The van der Waals surface area contributed by atoms with Gasteiger partial charge in [-0.15, -0.1) is 0 Å². The van der Waals surface area contributed by atoms with Crippen LogP contribution in [0.5, 0.6) is 5.75 Å². The molecule has 4 rings (SSSR count). The summed E-state index contributed by atoms with van der Waals surface area (Å²) in [5.41, 5.74) is 2.12. The number of benzene rings is 4. The van der Waals surface area contributed by atoms with Crippen molar-refractivity contribution in [1.29, 1.82) is 0 Å². The Kier molecular flexibility index (Phi) is 8.18. The lowest BCUT2D eigenvalue weighted by Gasteiger charge is -2.23. The van der Waals surface area contributed by atoms with Gasteiger partial charge in [0.2, 0.25) is 5.91 Å². The summed E-state index contributed by atoms with van der Waals surface area (Å²) >= 11 is 0. The van der Waals surface area contributed by atoms with Crippen LogP contribution in [0.25, 0.3) is 11.6 Å². The van der Waals surface area contributed by atoms with Crippen LogP contribution in [0.3, 0.4) is 0 Å². The molecule has 0 unspecified atom stereocenters. The first-order valence-corrected chi connectivity index (χ1v) is 12.5. The van der Waals surface area contributed by atoms with E-state index >= 15 is 0 Å². The number of amides is 1. The standard InChI is InChI=1S/C33H29NO5/c1-22(35)34-28-16-10-15-25(20-28)29(33(2,3)38)21-27-19-26(31(36)23-11-6-4-7-12-23)17-18-30(27)39-32(37)24-13-8-5-9-14-24/h4-21,38H,1-3H3,(H,34,35)/b29-21-. The van der Waals surface area contributed by atoms with Gasteiger partial charge in [-0.2, -0.15) is 0 Å². The van der Waals surface area contributed by atoms with Crippen LogP contribution >= 0.6 is 0 Å². The van der Waals surface area contributed by atoms with Gasteiger partial charge in [0.25, 0.3) is 0 Å². The number of nitrogens with one attached hydrogen (secondary N) is 1. The summed E-state index contributed by atoms with van der Waals surface area (Å²) in [6, 6.07) is 29.4. The zero-order valence-corrected chi connectivity index (χ0v) is 22.0. The molecule has 0 heterocycles. The van der Waals surface area contributed by atoms with Crippen molar-refractivity contribution in [2.24, 2.45) is 0 Å². The molecule has 0 aliphatic carbocycles. The second-order valence-corrected chi connectivity index (χ2v) is 9.58. The van der Waals surface area contributed by atoms with E-state index in [1.54, 1.807) is 111 Å². The third kappa shape index (κ3) is 6.94. The first-order valence-electron chi connectivity index (χ1n) is 12.5. The van der Waals surface area contributed by atoms with E-state index < -0.39 is 11.6 Å². The van der Waals surface area contributed by atoms with Crippen LogP contribution in [-0.4, -0.2) is 28.4 Å². The molecule has 4 aromatic carbocycles. The van der Waals surface area contributed by atoms with E-state index in [0.29, 0.717) is 39.1 Å². The van der Waals surface area contributed by atoms with Gasteiger partial charge < -0.3 is 15.2 Å². The Hall–Kier alpha value is -4.81. The van der Waals surface area contributed by atoms with E-state index in [-0.39, 0.29) is 17.4 Å². The number of hydrogen-bond donors (Lipinski definition) is 2. The van der Waals surface area contributed by atoms with Crippen LogP contribution in [-0.2, 0) is 4.79 Å². The van der Waals surface area contributed by atoms with E-state index in [1.807, 2.05) is 12.1 Å². The molecule has 0 aromatic heterocycles. The van der Waals surface area contributed by atoms with E-state index in [1.165, 1.54) is 6.92 Å². The van der Waals surface area contributed by atoms with Gasteiger partial charge in [0, 0.05) is 29.3 Å². The van der Waals surface area contributed by atoms with Crippen molar-refractivity contribution < 1.29 is 24.2 Å². The van der Waals surface area contributed by atoms with E-state index in [0.717, 1.165) is 0 Å². The molecule has 0 aliphatic heterocycles. The normalized spacial score (nSPS) is 11.5. The second-order valence-electron chi connectivity index (χ2n) is 9.58. The lowest BCUT2D eigenvalue weighted by atomic mass is 9.88. The molecule has 0 saturated carbocycles. The van der Waals surface area contributed by atoms with Gasteiger partial charge in [0.1, 0.15) is 5.75 Å². The van der Waals surface area contributed by atoms with Crippen molar-refractivity contribution in [2.75, 3.05) is 5.32 Å². The molecule has 0 spiro atoms. The molecule has 1 amide bonds. The fourth-order valence-corrected chi connectivity index (χ4v) is 4.12. The van der Waals surface area contributed by atoms with Crippen LogP contribution in [0.1, 0.15) is 58.2 Å². The predicted molar refractivity (Wildman–Crippen MR) is 153 cm³/mol. The first-order chi connectivity index (χ1) is 18.6. The molecule has 0 atom stereocenters. The van der Waals surface area contributed by atoms with Gasteiger partial charge in [-0.3, -0.25) is 9.59 Å². The van der Waals surface area contributed by atoms with Crippen molar-refractivity contribution in [3.63, 3.8) is 0 Å². The number of carbonyl (C=O) groups is 3. The maximum Gasteiger partial charge on any atom is 0.343 e. The van der Waals surface area contributed by atoms with Crippen LogP contribution in [0, 0.1) is 0 Å². The van der Waals surface area contributed by atoms with Gasteiger partial charge in [-0.05, 0) is 73.5 Å². The van der Waals surface area contributed by atoms with Gasteiger partial charge in [0.05, 0.1) is 11.2 Å². The van der Waals surface area contributed by atoms with Crippen molar-refractivity contribution in [2.45, 2.75) is 26.4 Å². The zero-order valence-electron chi connectivity index (χ0n) is 22.0. The summed E-state index contributed by atoms with van der Waals surface area (Å²) in [6.45, 7) is 4.69. The molecule has 0 aliphatic rings. The highest BCUT2D eigenvalue weighted by Crippen LogP contribution is 2.34. The third-order valence-corrected chi connectivity index (χ3v) is 5.97. The highest BCUT2D eigenvalue weighted by molar-refractivity contribution is 6.09. The minimum atomic E-state index is -1.32. The summed E-state index contributed by atoms with van der Waals surface area (Å²) in [5, 5.41) is 13.9. The van der Waals surface area contributed by atoms with Crippen LogP contribution in [0.2, 0.25) is 0 Å². The number of anilines is 1. The first kappa shape index (κ1) is 27.2. The number of ketones is 1. The summed E-state index contributed by atoms with van der Waals surface area (Å²) in [5.74, 6) is -0.732. The van der Waals surface area contributed by atoms with Crippen LogP contribution in [0.4, 0.5) is 5.69 Å². The average Bonchev–Trinajstić information content (AvgIpc) is 2.92. The number of ether oxygens (including phenoxy) is 1. The lowest BCUT2D eigenvalue weighted by molar-refractivity contribution is -0.114. The monoisotopic (exact) mass is 519 g/mol. The Morgan fingerprint density at radius 1 is 0.744 bits per heavy atom. The summed E-state index contributed by atoms with van der Waals surface area (Å²) < 4.78 is 5.76. The zero-order chi connectivity index (χ0) is 28.0. The van der Waals surface area contributed by atoms with E-state index in [4.69, 9.17) is 4.74 Å². The Balaban J connectivity index is 1.84. The summed E-state index contributed by atoms with van der Waals surface area (Å²) in [6.07, 6.45) is 1.70. The number of rotatable bonds is 8. The number of carbonyl (C=O) groups excluding carboxylic acids is 3. The molecule has 6 nitrogen and oxygen atoms in total. The summed E-state index contributed by atoms with van der Waals surface area (Å²) in [4.78, 5) is 37.8. The minimum Gasteiger partial charge on any atom is -0.422 e. The molecule has 196 valence electrons. The van der Waals surface area contributed by atoms with Gasteiger partial charge in [-0.1, -0.05) is 60.7 Å². The highest BCUT2D eigenvalue weighted by atomic mass is 16.5. The predicted octanol–water partition coefficient (Wildman–Crippen LogP) is 6.41. The minimum absolute atomic E-state index is 0.191. The van der Waals surface area contributed by atoms with Gasteiger partial charge in [0.15, 0.2) is 5.78 Å². The number of esters is 1. The molecule has 0 bridgehead atoms. The molecule has 39 heavy (non-hydrogen) atoms. The van der Waals surface area contributed by atoms with E-state index in [9.17, 15) is 19.5 Å². The average molecular weight is 520 g/mol. The van der Waals surface area contributed by atoms with Crippen molar-refractivity contribution >= 4 is 35.0 Å². The maximum absolute atomic E-state index is 13.2. The van der Waals surface area contributed by atoms with Gasteiger partial charge in [-0.25, -0.2) is 4.79 Å². The van der Waals surface area contributed by atoms with Crippen LogP contribution in [0.15, 0.2) is 103 Å². The fraction of sp³-hybridized carbons (Fsp3) is 0.121. The highest BCUT2D eigenvalue weighted by Gasteiger charge is 2.23. The molecule has 0 saturated heterocycles. The molecule has 6 heteroatoms. The Labute approximate surface area is 227 Å². The maximum atomic E-state index is 13.2. The van der Waals surface area contributed by atoms with Gasteiger partial charge >= 0.3 is 5.97 Å². The summed E-state index contributed by atoms with van der Waals surface area (Å²) in [7, 11) is 0. The molecular formula is C33H29NO5. The fourth-order valence-electron chi connectivity index (χ4n) is 4.12. The van der Waals surface area contributed by atoms with Crippen LogP contribution < -0.4 is 10.1 Å². The Morgan fingerprint density at radius 3 is 1.97 bits per heavy atom. The number of hydrogen-bond acceptors (Lipinski definition) is 5. The molecule has 0 radical (unpaired) electrons.